The Hall–Kier alpha value is -4.21. The summed E-state index contributed by atoms with van der Waals surface area (Å²) in [5.41, 5.74) is 5.43. The topological polar surface area (TPSA) is 80.7 Å². The highest BCUT2D eigenvalue weighted by molar-refractivity contribution is 7.80. The molecule has 2 aromatic carbocycles. The highest BCUT2D eigenvalue weighted by atomic mass is 32.1. The van der Waals surface area contributed by atoms with Gasteiger partial charge in [0.2, 0.25) is 5.91 Å². The van der Waals surface area contributed by atoms with Crippen LogP contribution in [-0.4, -0.2) is 41.4 Å². The van der Waals surface area contributed by atoms with Crippen LogP contribution in [0.2, 0.25) is 0 Å². The van der Waals surface area contributed by atoms with Crippen molar-refractivity contribution in [1.29, 1.82) is 0 Å². The Morgan fingerprint density at radius 3 is 2.53 bits per heavy atom. The number of benzene rings is 2. The van der Waals surface area contributed by atoms with E-state index >= 15 is 0 Å². The molecule has 0 unspecified atom stereocenters. The van der Waals surface area contributed by atoms with Crippen LogP contribution in [0.5, 0.6) is 5.75 Å². The van der Waals surface area contributed by atoms with Crippen LogP contribution in [0.3, 0.4) is 0 Å². The number of amides is 1. The summed E-state index contributed by atoms with van der Waals surface area (Å²) in [5.74, 6) is 0.263. The summed E-state index contributed by atoms with van der Waals surface area (Å²) in [6.45, 7) is 2.03. The van der Waals surface area contributed by atoms with E-state index in [1.165, 1.54) is 7.11 Å². The van der Waals surface area contributed by atoms with E-state index in [1.54, 1.807) is 13.3 Å². The van der Waals surface area contributed by atoms with Crippen molar-refractivity contribution in [2.45, 2.75) is 19.0 Å². The Morgan fingerprint density at radius 2 is 1.82 bits per heavy atom. The number of nitrogens with one attached hydrogen (secondary N) is 2. The van der Waals surface area contributed by atoms with Crippen molar-refractivity contribution in [2.75, 3.05) is 31.0 Å². The fourth-order valence-electron chi connectivity index (χ4n) is 4.91. The number of ether oxygens (including phenoxy) is 2. The number of hydrogen-bond donors (Lipinski definition) is 2. The number of anilines is 2. The van der Waals surface area contributed by atoms with Crippen molar-refractivity contribution in [3.63, 3.8) is 0 Å². The van der Waals surface area contributed by atoms with Crippen LogP contribution in [0.25, 0.3) is 5.69 Å². The van der Waals surface area contributed by atoms with Crippen LogP contribution in [0.1, 0.15) is 29.2 Å². The van der Waals surface area contributed by atoms with Gasteiger partial charge >= 0.3 is 0 Å². The molecule has 9 heteroatoms. The summed E-state index contributed by atoms with van der Waals surface area (Å²) in [7, 11) is 3.05. The number of methoxy groups -OCH3 is 2. The van der Waals surface area contributed by atoms with E-state index in [9.17, 15) is 4.79 Å². The minimum atomic E-state index is -0.276. The number of pyridine rings is 1. The van der Waals surface area contributed by atoms with E-state index in [-0.39, 0.29) is 24.6 Å². The van der Waals surface area contributed by atoms with Gasteiger partial charge in [-0.1, -0.05) is 24.3 Å². The van der Waals surface area contributed by atoms with Gasteiger partial charge in [0.05, 0.1) is 24.5 Å². The molecule has 1 fully saturated rings. The van der Waals surface area contributed by atoms with Gasteiger partial charge in [0.15, 0.2) is 5.11 Å². The SMILES string of the molecule is COCC(=O)Nc1cc(N2C(=S)N[C@@H](c3ccccn3)[C@@H]2c2ccc(C)n2-c2ccccc2)ccc1OC. The molecule has 38 heavy (non-hydrogen) atoms. The zero-order valence-electron chi connectivity index (χ0n) is 21.4. The molecule has 1 aliphatic rings. The first-order chi connectivity index (χ1) is 18.5. The number of aromatic nitrogens is 2. The maximum atomic E-state index is 12.3. The highest BCUT2D eigenvalue weighted by Crippen LogP contribution is 2.44. The Bertz CT molecular complexity index is 1440. The van der Waals surface area contributed by atoms with E-state index in [1.807, 2.05) is 54.6 Å². The summed E-state index contributed by atoms with van der Waals surface area (Å²) in [5, 5.41) is 6.95. The van der Waals surface area contributed by atoms with E-state index in [2.05, 4.69) is 56.3 Å². The average Bonchev–Trinajstić information content (AvgIpc) is 3.48. The summed E-state index contributed by atoms with van der Waals surface area (Å²) >= 11 is 5.92. The second-order valence-electron chi connectivity index (χ2n) is 8.93. The third-order valence-corrected chi connectivity index (χ3v) is 6.85. The van der Waals surface area contributed by atoms with Crippen molar-refractivity contribution < 1.29 is 14.3 Å². The Balaban J connectivity index is 1.65. The van der Waals surface area contributed by atoms with E-state index in [4.69, 9.17) is 21.7 Å². The van der Waals surface area contributed by atoms with Gasteiger partial charge in [0.25, 0.3) is 0 Å². The number of thiocarbonyl (C=S) groups is 1. The molecule has 0 spiro atoms. The normalized spacial score (nSPS) is 16.8. The van der Waals surface area contributed by atoms with Gasteiger partial charge in [0.1, 0.15) is 18.4 Å². The Morgan fingerprint density at radius 1 is 1.03 bits per heavy atom. The van der Waals surface area contributed by atoms with Crippen LogP contribution in [0, 0.1) is 6.92 Å². The fourth-order valence-corrected chi connectivity index (χ4v) is 5.26. The lowest BCUT2D eigenvalue weighted by Crippen LogP contribution is -2.30. The smallest absolute Gasteiger partial charge is 0.250 e. The molecule has 1 aliphatic heterocycles. The van der Waals surface area contributed by atoms with Gasteiger partial charge in [0, 0.05) is 36.1 Å². The summed E-state index contributed by atoms with van der Waals surface area (Å²) in [4.78, 5) is 19.1. The van der Waals surface area contributed by atoms with Crippen molar-refractivity contribution in [1.82, 2.24) is 14.9 Å². The minimum absolute atomic E-state index is 0.0642. The maximum Gasteiger partial charge on any atom is 0.250 e. The van der Waals surface area contributed by atoms with Crippen LogP contribution >= 0.6 is 12.2 Å². The molecule has 0 aliphatic carbocycles. The molecular formula is C29H29N5O3S. The lowest BCUT2D eigenvalue weighted by molar-refractivity contribution is -0.119. The molecule has 3 heterocycles. The van der Waals surface area contributed by atoms with Gasteiger partial charge < -0.3 is 29.6 Å². The predicted molar refractivity (Wildman–Crippen MR) is 152 cm³/mol. The average molecular weight is 528 g/mol. The lowest BCUT2D eigenvalue weighted by Gasteiger charge is -2.30. The molecule has 5 rings (SSSR count). The number of rotatable bonds is 8. The maximum absolute atomic E-state index is 12.3. The second kappa shape index (κ2) is 11.0. The number of hydrogen-bond acceptors (Lipinski definition) is 5. The first kappa shape index (κ1) is 25.4. The number of para-hydroxylation sites is 1. The minimum Gasteiger partial charge on any atom is -0.495 e. The Labute approximate surface area is 227 Å². The predicted octanol–water partition coefficient (Wildman–Crippen LogP) is 4.95. The van der Waals surface area contributed by atoms with Gasteiger partial charge in [-0.25, -0.2) is 0 Å². The molecule has 1 amide bonds. The number of nitrogens with zero attached hydrogens (tertiary/aromatic N) is 3. The fraction of sp³-hybridized carbons (Fsp3) is 0.207. The monoisotopic (exact) mass is 527 g/mol. The third kappa shape index (κ3) is 4.85. The molecule has 4 aromatic rings. The van der Waals surface area contributed by atoms with Gasteiger partial charge in [-0.15, -0.1) is 0 Å². The zero-order chi connectivity index (χ0) is 26.6. The van der Waals surface area contributed by atoms with E-state index in [0.29, 0.717) is 16.5 Å². The van der Waals surface area contributed by atoms with Crippen LogP contribution in [-0.2, 0) is 9.53 Å². The summed E-state index contributed by atoms with van der Waals surface area (Å²) < 4.78 is 12.7. The molecule has 0 bridgehead atoms. The molecule has 0 radical (unpaired) electrons. The first-order valence-corrected chi connectivity index (χ1v) is 12.6. The second-order valence-corrected chi connectivity index (χ2v) is 9.32. The van der Waals surface area contributed by atoms with Crippen molar-refractivity contribution in [3.05, 3.63) is 102 Å². The molecule has 2 atom stereocenters. The van der Waals surface area contributed by atoms with Crippen molar-refractivity contribution >= 4 is 34.6 Å². The van der Waals surface area contributed by atoms with Crippen LogP contribution < -0.4 is 20.3 Å². The third-order valence-electron chi connectivity index (χ3n) is 6.53. The van der Waals surface area contributed by atoms with E-state index in [0.717, 1.165) is 28.5 Å². The summed E-state index contributed by atoms with van der Waals surface area (Å²) in [6.07, 6.45) is 1.79. The molecule has 0 saturated carbocycles. The largest absolute Gasteiger partial charge is 0.495 e. The van der Waals surface area contributed by atoms with Gasteiger partial charge in [-0.3, -0.25) is 9.78 Å². The van der Waals surface area contributed by atoms with Crippen LogP contribution in [0.15, 0.2) is 85.1 Å². The van der Waals surface area contributed by atoms with Gasteiger partial charge in [-0.05, 0) is 73.7 Å². The lowest BCUT2D eigenvalue weighted by atomic mass is 10.0. The first-order valence-electron chi connectivity index (χ1n) is 12.2. The number of carbonyl (C=O) groups excluding carboxylic acids is 1. The van der Waals surface area contributed by atoms with Crippen LogP contribution in [0.4, 0.5) is 11.4 Å². The number of aryl methyl sites for hydroxylation is 1. The molecular weight excluding hydrogens is 498 g/mol. The highest BCUT2D eigenvalue weighted by Gasteiger charge is 2.42. The summed E-state index contributed by atoms with van der Waals surface area (Å²) in [6, 6.07) is 25.6. The standard InChI is InChI=1S/C29H29N5O3S/c1-19-12-14-24(33(19)20-9-5-4-6-10-20)28-27(22-11-7-8-16-30-22)32-29(38)34(28)21-13-15-25(37-3)23(17-21)31-26(35)18-36-2/h4-17,27-28H,18H2,1-3H3,(H,31,35)(H,32,38)/t27-,28-/m0/s1. The molecule has 8 nitrogen and oxygen atoms in total. The van der Waals surface area contributed by atoms with E-state index < -0.39 is 0 Å². The zero-order valence-corrected chi connectivity index (χ0v) is 22.2. The molecule has 2 aromatic heterocycles. The van der Waals surface area contributed by atoms with Gasteiger partial charge in [-0.2, -0.15) is 0 Å². The molecule has 1 saturated heterocycles. The molecule has 2 N–H and O–H groups in total. The quantitative estimate of drug-likeness (QED) is 0.314. The van der Waals surface area contributed by atoms with Crippen molar-refractivity contribution in [2.24, 2.45) is 0 Å². The number of carbonyl (C=O) groups is 1. The Kier molecular flexibility index (Phi) is 7.39. The molecule has 194 valence electrons. The van der Waals surface area contributed by atoms with Crippen molar-refractivity contribution in [3.8, 4) is 11.4 Å².